The summed E-state index contributed by atoms with van der Waals surface area (Å²) >= 11 is 0. The third kappa shape index (κ3) is 3.93. The van der Waals surface area contributed by atoms with Gasteiger partial charge < -0.3 is 15.2 Å². The van der Waals surface area contributed by atoms with Gasteiger partial charge in [0.25, 0.3) is 0 Å². The van der Waals surface area contributed by atoms with Crippen LogP contribution in [0.5, 0.6) is 11.5 Å². The Morgan fingerprint density at radius 3 is 2.37 bits per heavy atom. The quantitative estimate of drug-likeness (QED) is 0.805. The minimum Gasteiger partial charge on any atom is -0.508 e. The Kier molecular flexibility index (Phi) is 4.25. The molecule has 4 nitrogen and oxygen atoms in total. The molecule has 0 saturated heterocycles. The van der Waals surface area contributed by atoms with Crippen LogP contribution in [0.4, 0.5) is 5.69 Å². The fourth-order valence-electron chi connectivity index (χ4n) is 1.60. The van der Waals surface area contributed by atoms with Crippen molar-refractivity contribution in [3.8, 4) is 17.6 Å². The second-order valence-electron chi connectivity index (χ2n) is 3.99. The average molecular weight is 254 g/mol. The molecule has 2 N–H and O–H groups in total. The molecule has 0 bridgehead atoms. The predicted octanol–water partition coefficient (Wildman–Crippen LogP) is 2.91. The lowest BCUT2D eigenvalue weighted by molar-refractivity contribution is 0.368. The van der Waals surface area contributed by atoms with Gasteiger partial charge in [-0.2, -0.15) is 5.26 Å². The van der Waals surface area contributed by atoms with Crippen LogP contribution >= 0.6 is 0 Å². The van der Waals surface area contributed by atoms with Gasteiger partial charge in [-0.05, 0) is 42.0 Å². The third-order valence-electron chi connectivity index (χ3n) is 2.59. The number of anilines is 1. The SMILES string of the molecule is N#CCOc1ccc(CNc2ccc(O)cc2)cc1. The highest BCUT2D eigenvalue weighted by Crippen LogP contribution is 2.16. The molecule has 0 radical (unpaired) electrons. The monoisotopic (exact) mass is 254 g/mol. The van der Waals surface area contributed by atoms with E-state index in [1.165, 1.54) is 0 Å². The van der Waals surface area contributed by atoms with Crippen molar-refractivity contribution in [1.29, 1.82) is 5.26 Å². The van der Waals surface area contributed by atoms with Crippen molar-refractivity contribution >= 4 is 5.69 Å². The average Bonchev–Trinajstić information content (AvgIpc) is 2.46. The molecule has 0 aromatic heterocycles. The van der Waals surface area contributed by atoms with Gasteiger partial charge in [-0.3, -0.25) is 0 Å². The van der Waals surface area contributed by atoms with Gasteiger partial charge in [-0.25, -0.2) is 0 Å². The second-order valence-corrected chi connectivity index (χ2v) is 3.99. The number of rotatable bonds is 5. The maximum atomic E-state index is 9.18. The molecule has 2 rings (SSSR count). The van der Waals surface area contributed by atoms with Crippen molar-refractivity contribution < 1.29 is 9.84 Å². The molecule has 2 aromatic rings. The zero-order valence-electron chi connectivity index (χ0n) is 10.3. The topological polar surface area (TPSA) is 65.3 Å². The molecule has 0 atom stereocenters. The number of benzene rings is 2. The molecule has 0 aliphatic carbocycles. The summed E-state index contributed by atoms with van der Waals surface area (Å²) in [6.07, 6.45) is 0. The van der Waals surface area contributed by atoms with E-state index in [2.05, 4.69) is 5.32 Å². The highest BCUT2D eigenvalue weighted by atomic mass is 16.5. The van der Waals surface area contributed by atoms with Crippen LogP contribution in [-0.2, 0) is 6.54 Å². The number of phenolic OH excluding ortho intramolecular Hbond substituents is 1. The molecule has 0 aliphatic rings. The van der Waals surface area contributed by atoms with Crippen molar-refractivity contribution in [1.82, 2.24) is 0 Å². The normalized spacial score (nSPS) is 9.63. The predicted molar refractivity (Wildman–Crippen MR) is 73.0 cm³/mol. The number of hydrogen-bond acceptors (Lipinski definition) is 4. The fourth-order valence-corrected chi connectivity index (χ4v) is 1.60. The van der Waals surface area contributed by atoms with E-state index in [1.807, 2.05) is 42.5 Å². The lowest BCUT2D eigenvalue weighted by Gasteiger charge is -2.07. The largest absolute Gasteiger partial charge is 0.508 e. The van der Waals surface area contributed by atoms with Crippen LogP contribution in [-0.4, -0.2) is 11.7 Å². The minimum atomic E-state index is 0.0606. The zero-order valence-corrected chi connectivity index (χ0v) is 10.3. The van der Waals surface area contributed by atoms with E-state index in [9.17, 15) is 5.11 Å². The molecule has 0 amide bonds. The molecule has 0 unspecified atom stereocenters. The van der Waals surface area contributed by atoms with Crippen LogP contribution in [0.15, 0.2) is 48.5 Å². The van der Waals surface area contributed by atoms with Crippen LogP contribution in [0.25, 0.3) is 0 Å². The summed E-state index contributed by atoms with van der Waals surface area (Å²) in [5, 5.41) is 20.8. The Hall–Kier alpha value is -2.67. The van der Waals surface area contributed by atoms with Crippen molar-refractivity contribution in [2.75, 3.05) is 11.9 Å². The van der Waals surface area contributed by atoms with Crippen LogP contribution in [0.1, 0.15) is 5.56 Å². The molecule has 2 aromatic carbocycles. The van der Waals surface area contributed by atoms with Crippen LogP contribution in [0.3, 0.4) is 0 Å². The Balaban J connectivity index is 1.89. The van der Waals surface area contributed by atoms with E-state index in [0.717, 1.165) is 11.3 Å². The first-order valence-corrected chi connectivity index (χ1v) is 5.89. The van der Waals surface area contributed by atoms with E-state index in [1.54, 1.807) is 12.1 Å². The Morgan fingerprint density at radius 1 is 1.05 bits per heavy atom. The lowest BCUT2D eigenvalue weighted by Crippen LogP contribution is -1.99. The maximum absolute atomic E-state index is 9.18. The number of ether oxygens (including phenoxy) is 1. The van der Waals surface area contributed by atoms with Crippen molar-refractivity contribution in [3.63, 3.8) is 0 Å². The van der Waals surface area contributed by atoms with Gasteiger partial charge in [-0.1, -0.05) is 12.1 Å². The molecule has 4 heteroatoms. The molecule has 0 saturated carbocycles. The van der Waals surface area contributed by atoms with E-state index in [4.69, 9.17) is 10.00 Å². The van der Waals surface area contributed by atoms with E-state index in [0.29, 0.717) is 12.3 Å². The summed E-state index contributed by atoms with van der Waals surface area (Å²) in [6, 6.07) is 16.4. The molecule has 0 heterocycles. The first-order valence-electron chi connectivity index (χ1n) is 5.89. The highest BCUT2D eigenvalue weighted by Gasteiger charge is 1.96. The summed E-state index contributed by atoms with van der Waals surface area (Å²) in [7, 11) is 0. The number of nitriles is 1. The standard InChI is InChI=1S/C15H14N2O2/c16-9-10-19-15-7-1-12(2-8-15)11-17-13-3-5-14(18)6-4-13/h1-8,17-18H,10-11H2. The number of nitrogens with one attached hydrogen (secondary N) is 1. The summed E-state index contributed by atoms with van der Waals surface area (Å²) in [4.78, 5) is 0. The summed E-state index contributed by atoms with van der Waals surface area (Å²) in [5.74, 6) is 0.944. The zero-order chi connectivity index (χ0) is 13.5. The van der Waals surface area contributed by atoms with Gasteiger partial charge in [0.15, 0.2) is 6.61 Å². The van der Waals surface area contributed by atoms with Crippen LogP contribution in [0.2, 0.25) is 0 Å². The molecule has 0 spiro atoms. The lowest BCUT2D eigenvalue weighted by atomic mass is 10.2. The third-order valence-corrected chi connectivity index (χ3v) is 2.59. The number of aromatic hydroxyl groups is 1. The fraction of sp³-hybridized carbons (Fsp3) is 0.133. The van der Waals surface area contributed by atoms with E-state index < -0.39 is 0 Å². The first kappa shape index (κ1) is 12.8. The minimum absolute atomic E-state index is 0.0606. The molecular formula is C15H14N2O2. The summed E-state index contributed by atoms with van der Waals surface area (Å²) in [5.41, 5.74) is 2.06. The number of nitrogens with zero attached hydrogens (tertiary/aromatic N) is 1. The number of phenols is 1. The van der Waals surface area contributed by atoms with Gasteiger partial charge >= 0.3 is 0 Å². The summed E-state index contributed by atoms with van der Waals surface area (Å²) < 4.78 is 5.18. The molecular weight excluding hydrogens is 240 g/mol. The molecule has 96 valence electrons. The molecule has 0 aliphatic heterocycles. The summed E-state index contributed by atoms with van der Waals surface area (Å²) in [6.45, 7) is 0.744. The van der Waals surface area contributed by atoms with E-state index in [-0.39, 0.29) is 12.4 Å². The van der Waals surface area contributed by atoms with Crippen molar-refractivity contribution in [3.05, 3.63) is 54.1 Å². The van der Waals surface area contributed by atoms with Crippen molar-refractivity contribution in [2.45, 2.75) is 6.54 Å². The van der Waals surface area contributed by atoms with Gasteiger partial charge in [0, 0.05) is 12.2 Å². The van der Waals surface area contributed by atoms with Gasteiger partial charge in [0.1, 0.15) is 17.6 Å². The van der Waals surface area contributed by atoms with Crippen LogP contribution in [0, 0.1) is 11.3 Å². The van der Waals surface area contributed by atoms with Gasteiger partial charge in [0.2, 0.25) is 0 Å². The smallest absolute Gasteiger partial charge is 0.174 e. The van der Waals surface area contributed by atoms with E-state index >= 15 is 0 Å². The Morgan fingerprint density at radius 2 is 1.74 bits per heavy atom. The highest BCUT2D eigenvalue weighted by molar-refractivity contribution is 5.46. The van der Waals surface area contributed by atoms with Crippen LogP contribution < -0.4 is 10.1 Å². The van der Waals surface area contributed by atoms with Crippen molar-refractivity contribution in [2.24, 2.45) is 0 Å². The Labute approximate surface area is 111 Å². The van der Waals surface area contributed by atoms with Gasteiger partial charge in [0.05, 0.1) is 0 Å². The second kappa shape index (κ2) is 6.31. The maximum Gasteiger partial charge on any atom is 0.174 e. The number of hydrogen-bond donors (Lipinski definition) is 2. The Bertz CT molecular complexity index is 556. The first-order chi connectivity index (χ1) is 9.28. The van der Waals surface area contributed by atoms with Gasteiger partial charge in [-0.15, -0.1) is 0 Å². The molecule has 19 heavy (non-hydrogen) atoms. The molecule has 0 fully saturated rings.